The number of benzene rings is 1. The van der Waals surface area contributed by atoms with E-state index in [1.807, 2.05) is 0 Å². The second-order valence-electron chi connectivity index (χ2n) is 3.53. The van der Waals surface area contributed by atoms with E-state index in [-0.39, 0.29) is 11.6 Å². The predicted molar refractivity (Wildman–Crippen MR) is 62.0 cm³/mol. The summed E-state index contributed by atoms with van der Waals surface area (Å²) in [6.07, 6.45) is 1.03. The van der Waals surface area contributed by atoms with E-state index in [0.717, 1.165) is 11.3 Å². The van der Waals surface area contributed by atoms with Gasteiger partial charge in [-0.2, -0.15) is 0 Å². The van der Waals surface area contributed by atoms with Crippen LogP contribution < -0.4 is 0 Å². The van der Waals surface area contributed by atoms with Gasteiger partial charge in [0, 0.05) is 15.7 Å². The Hall–Kier alpha value is -0.830. The highest BCUT2D eigenvalue weighted by atomic mass is 32.2. The smallest absolute Gasteiger partial charge is 0.161 e. The van der Waals surface area contributed by atoms with Crippen LogP contribution >= 0.6 is 11.8 Å². The summed E-state index contributed by atoms with van der Waals surface area (Å²) in [7, 11) is 0. The average Bonchev–Trinajstić information content (AvgIpc) is 2.20. The van der Waals surface area contributed by atoms with Gasteiger partial charge in [0.15, 0.2) is 5.78 Å². The van der Waals surface area contributed by atoms with Crippen molar-refractivity contribution in [1.82, 2.24) is 0 Å². The third kappa shape index (κ3) is 3.34. The molecule has 82 valence electrons. The second kappa shape index (κ2) is 5.31. The highest BCUT2D eigenvalue weighted by Gasteiger charge is 2.11. The fraction of sp³-hybridized carbons (Fsp3) is 0.417. The molecule has 1 nitrogen and oxygen atoms in total. The molecule has 0 radical (unpaired) electrons. The Morgan fingerprint density at radius 2 is 2.20 bits per heavy atom. The molecular formula is C12H15FOS. The molecule has 0 N–H and O–H groups in total. The molecule has 15 heavy (non-hydrogen) atoms. The number of halogens is 1. The number of thioether (sulfide) groups is 1. The van der Waals surface area contributed by atoms with E-state index in [1.54, 1.807) is 17.8 Å². The van der Waals surface area contributed by atoms with Crippen LogP contribution in [0.25, 0.3) is 0 Å². The number of carbonyl (C=O) groups excluding carboxylic acids is 1. The van der Waals surface area contributed by atoms with Crippen molar-refractivity contribution < 1.29 is 9.18 Å². The minimum absolute atomic E-state index is 0.0831. The number of ketones is 1. The van der Waals surface area contributed by atoms with E-state index in [1.165, 1.54) is 19.1 Å². The molecule has 1 rings (SSSR count). The van der Waals surface area contributed by atoms with E-state index >= 15 is 0 Å². The molecule has 0 spiro atoms. The van der Waals surface area contributed by atoms with E-state index in [9.17, 15) is 9.18 Å². The van der Waals surface area contributed by atoms with Gasteiger partial charge in [0.2, 0.25) is 0 Å². The Kier molecular flexibility index (Phi) is 4.33. The molecule has 0 aliphatic heterocycles. The molecule has 0 aromatic heterocycles. The normalized spacial score (nSPS) is 12.5. The third-order valence-electron chi connectivity index (χ3n) is 2.22. The van der Waals surface area contributed by atoms with Crippen LogP contribution in [0.15, 0.2) is 23.1 Å². The number of hydrogen-bond donors (Lipinski definition) is 0. The van der Waals surface area contributed by atoms with Crippen LogP contribution in [0.1, 0.15) is 37.6 Å². The van der Waals surface area contributed by atoms with Crippen molar-refractivity contribution in [2.45, 2.75) is 37.3 Å². The van der Waals surface area contributed by atoms with Gasteiger partial charge in [0.05, 0.1) is 0 Å². The van der Waals surface area contributed by atoms with Crippen molar-refractivity contribution in [3.8, 4) is 0 Å². The lowest BCUT2D eigenvalue weighted by Crippen LogP contribution is -2.00. The van der Waals surface area contributed by atoms with Gasteiger partial charge in [-0.3, -0.25) is 4.79 Å². The van der Waals surface area contributed by atoms with Crippen molar-refractivity contribution in [3.63, 3.8) is 0 Å². The van der Waals surface area contributed by atoms with Gasteiger partial charge in [0.25, 0.3) is 0 Å². The Balaban J connectivity index is 3.01. The maximum atomic E-state index is 13.0. The maximum Gasteiger partial charge on any atom is 0.161 e. The first-order chi connectivity index (χ1) is 7.04. The van der Waals surface area contributed by atoms with E-state index in [2.05, 4.69) is 13.8 Å². The minimum atomic E-state index is -0.353. The first-order valence-electron chi connectivity index (χ1n) is 5.01. The molecule has 1 unspecified atom stereocenters. The van der Waals surface area contributed by atoms with Crippen LogP contribution in [-0.4, -0.2) is 11.0 Å². The van der Waals surface area contributed by atoms with Gasteiger partial charge in [-0.05, 0) is 31.5 Å². The summed E-state index contributed by atoms with van der Waals surface area (Å²) in [4.78, 5) is 12.2. The van der Waals surface area contributed by atoms with Crippen LogP contribution in [0.4, 0.5) is 4.39 Å². The average molecular weight is 226 g/mol. The molecule has 0 aliphatic rings. The zero-order valence-electron chi connectivity index (χ0n) is 9.21. The number of carbonyl (C=O) groups is 1. The van der Waals surface area contributed by atoms with Crippen LogP contribution in [0, 0.1) is 5.82 Å². The lowest BCUT2D eigenvalue weighted by molar-refractivity contribution is 0.101. The summed E-state index contributed by atoms with van der Waals surface area (Å²) in [5.74, 6) is -0.436. The van der Waals surface area contributed by atoms with Gasteiger partial charge in [0.1, 0.15) is 5.82 Å². The minimum Gasteiger partial charge on any atom is -0.294 e. The number of rotatable bonds is 4. The summed E-state index contributed by atoms with van der Waals surface area (Å²) in [6, 6.07) is 4.40. The monoisotopic (exact) mass is 226 g/mol. The fourth-order valence-corrected chi connectivity index (χ4v) is 2.26. The lowest BCUT2D eigenvalue weighted by Gasteiger charge is -2.11. The predicted octanol–water partition coefficient (Wildman–Crippen LogP) is 3.92. The van der Waals surface area contributed by atoms with Gasteiger partial charge < -0.3 is 0 Å². The molecule has 0 saturated carbocycles. The molecule has 0 saturated heterocycles. The lowest BCUT2D eigenvalue weighted by atomic mass is 10.1. The van der Waals surface area contributed by atoms with E-state index < -0.39 is 0 Å². The molecule has 3 heteroatoms. The first kappa shape index (κ1) is 12.2. The summed E-state index contributed by atoms with van der Waals surface area (Å²) in [5.41, 5.74) is 0.486. The van der Waals surface area contributed by atoms with Crippen molar-refractivity contribution in [2.24, 2.45) is 0 Å². The summed E-state index contributed by atoms with van der Waals surface area (Å²) < 4.78 is 13.0. The van der Waals surface area contributed by atoms with Gasteiger partial charge >= 0.3 is 0 Å². The third-order valence-corrected chi connectivity index (χ3v) is 3.57. The zero-order valence-corrected chi connectivity index (χ0v) is 10.0. The molecule has 0 fully saturated rings. The van der Waals surface area contributed by atoms with Gasteiger partial charge in [-0.25, -0.2) is 4.39 Å². The quantitative estimate of drug-likeness (QED) is 0.571. The molecule has 0 bridgehead atoms. The highest BCUT2D eigenvalue weighted by molar-refractivity contribution is 8.00. The standard InChI is InChI=1S/C12H15FOS/c1-4-8(2)15-12-6-5-10(13)7-11(12)9(3)14/h5-8H,4H2,1-3H3. The topological polar surface area (TPSA) is 17.1 Å². The first-order valence-corrected chi connectivity index (χ1v) is 5.89. The molecular weight excluding hydrogens is 211 g/mol. The Bertz CT molecular complexity index is 363. The maximum absolute atomic E-state index is 13.0. The van der Waals surface area contributed by atoms with Crippen LogP contribution in [0.5, 0.6) is 0 Å². The molecule has 1 aromatic rings. The van der Waals surface area contributed by atoms with Gasteiger partial charge in [-0.15, -0.1) is 11.8 Å². The van der Waals surface area contributed by atoms with Crippen molar-refractivity contribution in [2.75, 3.05) is 0 Å². The fourth-order valence-electron chi connectivity index (χ4n) is 1.18. The summed E-state index contributed by atoms with van der Waals surface area (Å²) >= 11 is 1.62. The summed E-state index contributed by atoms with van der Waals surface area (Å²) in [6.45, 7) is 5.65. The zero-order chi connectivity index (χ0) is 11.4. The van der Waals surface area contributed by atoms with Crippen LogP contribution in [0.2, 0.25) is 0 Å². The van der Waals surface area contributed by atoms with E-state index in [4.69, 9.17) is 0 Å². The SMILES string of the molecule is CCC(C)Sc1ccc(F)cc1C(C)=O. The molecule has 0 heterocycles. The largest absolute Gasteiger partial charge is 0.294 e. The van der Waals surface area contributed by atoms with Gasteiger partial charge in [-0.1, -0.05) is 13.8 Å². The van der Waals surface area contributed by atoms with Crippen LogP contribution in [-0.2, 0) is 0 Å². The van der Waals surface area contributed by atoms with Crippen molar-refractivity contribution in [3.05, 3.63) is 29.6 Å². The molecule has 0 amide bonds. The van der Waals surface area contributed by atoms with Crippen molar-refractivity contribution in [1.29, 1.82) is 0 Å². The number of hydrogen-bond acceptors (Lipinski definition) is 2. The second-order valence-corrected chi connectivity index (χ2v) is 5.01. The van der Waals surface area contributed by atoms with Crippen molar-refractivity contribution >= 4 is 17.5 Å². The Labute approximate surface area is 94.1 Å². The summed E-state index contributed by atoms with van der Waals surface area (Å²) in [5, 5.41) is 0.438. The Morgan fingerprint density at radius 3 is 2.73 bits per heavy atom. The molecule has 0 aliphatic carbocycles. The number of Topliss-reactive ketones (excluding diaryl/α,β-unsaturated/α-hetero) is 1. The molecule has 1 aromatic carbocycles. The molecule has 1 atom stereocenters. The van der Waals surface area contributed by atoms with Crippen LogP contribution in [0.3, 0.4) is 0 Å². The Morgan fingerprint density at radius 1 is 1.53 bits per heavy atom. The highest BCUT2D eigenvalue weighted by Crippen LogP contribution is 2.29. The van der Waals surface area contributed by atoms with E-state index in [0.29, 0.717) is 10.8 Å².